The van der Waals surface area contributed by atoms with Crippen LogP contribution in [0.3, 0.4) is 0 Å². The molecule has 36 heavy (non-hydrogen) atoms. The molecule has 0 saturated carbocycles. The molecule has 184 valence electrons. The molecular formula is C29H28F2N4O. The SMILES string of the molecule is Cc1ccc2c(N3CCN(CCc4cccc(NC(=O)c5cccc(F)c5F)c4)CC3)cccc2n1. The van der Waals surface area contributed by atoms with E-state index >= 15 is 0 Å². The van der Waals surface area contributed by atoms with Gasteiger partial charge in [-0.1, -0.05) is 24.3 Å². The number of nitrogens with one attached hydrogen (secondary N) is 1. The summed E-state index contributed by atoms with van der Waals surface area (Å²) in [5.41, 5.74) is 4.61. The van der Waals surface area contributed by atoms with Gasteiger partial charge in [0.1, 0.15) is 0 Å². The molecule has 5 rings (SSSR count). The molecule has 1 fully saturated rings. The fourth-order valence-electron chi connectivity index (χ4n) is 4.70. The second-order valence-electron chi connectivity index (χ2n) is 9.13. The quantitative estimate of drug-likeness (QED) is 0.394. The van der Waals surface area contributed by atoms with Crippen LogP contribution in [0.1, 0.15) is 21.6 Å². The molecule has 4 aromatic rings. The highest BCUT2D eigenvalue weighted by Gasteiger charge is 2.19. The van der Waals surface area contributed by atoms with Crippen molar-refractivity contribution < 1.29 is 13.6 Å². The van der Waals surface area contributed by atoms with Gasteiger partial charge in [0.05, 0.1) is 11.1 Å². The maximum absolute atomic E-state index is 13.9. The molecule has 0 spiro atoms. The molecule has 0 radical (unpaired) electrons. The van der Waals surface area contributed by atoms with E-state index < -0.39 is 17.5 Å². The second-order valence-corrected chi connectivity index (χ2v) is 9.13. The maximum atomic E-state index is 13.9. The fraction of sp³-hybridized carbons (Fsp3) is 0.241. The lowest BCUT2D eigenvalue weighted by Crippen LogP contribution is -2.47. The minimum absolute atomic E-state index is 0.310. The van der Waals surface area contributed by atoms with Crippen LogP contribution < -0.4 is 10.2 Å². The molecular weight excluding hydrogens is 458 g/mol. The summed E-state index contributed by atoms with van der Waals surface area (Å²) in [7, 11) is 0. The summed E-state index contributed by atoms with van der Waals surface area (Å²) in [6, 6.07) is 21.6. The summed E-state index contributed by atoms with van der Waals surface area (Å²) in [5.74, 6) is -2.84. The molecule has 7 heteroatoms. The third kappa shape index (κ3) is 5.21. The lowest BCUT2D eigenvalue weighted by molar-refractivity contribution is 0.102. The van der Waals surface area contributed by atoms with Crippen LogP contribution in [0.2, 0.25) is 0 Å². The van der Waals surface area contributed by atoms with E-state index in [-0.39, 0.29) is 5.56 Å². The molecule has 1 aliphatic heterocycles. The van der Waals surface area contributed by atoms with E-state index in [0.29, 0.717) is 5.69 Å². The zero-order valence-corrected chi connectivity index (χ0v) is 20.2. The van der Waals surface area contributed by atoms with Crippen molar-refractivity contribution in [3.05, 3.63) is 101 Å². The zero-order valence-electron chi connectivity index (χ0n) is 20.2. The van der Waals surface area contributed by atoms with Crippen molar-refractivity contribution in [3.8, 4) is 0 Å². The Balaban J connectivity index is 1.17. The van der Waals surface area contributed by atoms with Crippen molar-refractivity contribution in [2.45, 2.75) is 13.3 Å². The molecule has 0 unspecified atom stereocenters. The van der Waals surface area contributed by atoms with Crippen molar-refractivity contribution in [2.75, 3.05) is 42.9 Å². The number of anilines is 2. The molecule has 5 nitrogen and oxygen atoms in total. The summed E-state index contributed by atoms with van der Waals surface area (Å²) in [6.45, 7) is 6.74. The number of rotatable bonds is 6. The van der Waals surface area contributed by atoms with Gasteiger partial charge in [-0.2, -0.15) is 0 Å². The van der Waals surface area contributed by atoms with Crippen LogP contribution in [-0.4, -0.2) is 48.5 Å². The summed E-state index contributed by atoms with van der Waals surface area (Å²) >= 11 is 0. The molecule has 1 saturated heterocycles. The number of halogens is 2. The van der Waals surface area contributed by atoms with E-state index in [1.807, 2.05) is 25.1 Å². The van der Waals surface area contributed by atoms with Gasteiger partial charge in [-0.3, -0.25) is 14.7 Å². The Morgan fingerprint density at radius 1 is 0.944 bits per heavy atom. The topological polar surface area (TPSA) is 48.5 Å². The van der Waals surface area contributed by atoms with Crippen molar-refractivity contribution in [3.63, 3.8) is 0 Å². The van der Waals surface area contributed by atoms with Crippen LogP contribution in [0.4, 0.5) is 20.2 Å². The second kappa shape index (κ2) is 10.4. The van der Waals surface area contributed by atoms with Crippen LogP contribution in [0.15, 0.2) is 72.8 Å². The Hall–Kier alpha value is -3.84. The molecule has 0 aliphatic carbocycles. The van der Waals surface area contributed by atoms with Crippen LogP contribution in [0, 0.1) is 18.6 Å². The Labute approximate surface area is 209 Å². The number of nitrogens with zero attached hydrogens (tertiary/aromatic N) is 3. The number of fused-ring (bicyclic) bond motifs is 1. The highest BCUT2D eigenvalue weighted by molar-refractivity contribution is 6.04. The minimum Gasteiger partial charge on any atom is -0.368 e. The molecule has 1 amide bonds. The molecule has 0 atom stereocenters. The van der Waals surface area contributed by atoms with Crippen LogP contribution in [0.25, 0.3) is 10.9 Å². The van der Waals surface area contributed by atoms with E-state index in [9.17, 15) is 13.6 Å². The number of carbonyl (C=O) groups is 1. The van der Waals surface area contributed by atoms with Crippen molar-refractivity contribution in [2.24, 2.45) is 0 Å². The lowest BCUT2D eigenvalue weighted by atomic mass is 10.1. The standard InChI is InChI=1S/C29H28F2N4O/c1-20-11-12-23-26(32-20)9-4-10-27(23)35-17-15-34(16-18-35)14-13-21-5-2-6-22(19-21)33-29(36)24-7-3-8-25(30)28(24)31/h2-12,19H,13-18H2,1H3,(H,33,36). The summed E-state index contributed by atoms with van der Waals surface area (Å²) < 4.78 is 27.4. The molecule has 0 bridgehead atoms. The van der Waals surface area contributed by atoms with Crippen molar-refractivity contribution in [1.29, 1.82) is 0 Å². The smallest absolute Gasteiger partial charge is 0.258 e. The van der Waals surface area contributed by atoms with Gasteiger partial charge in [-0.25, -0.2) is 8.78 Å². The van der Waals surface area contributed by atoms with Gasteiger partial charge in [-0.05, 0) is 67.4 Å². The maximum Gasteiger partial charge on any atom is 0.258 e. The van der Waals surface area contributed by atoms with Gasteiger partial charge in [0, 0.05) is 55.2 Å². The first-order valence-electron chi connectivity index (χ1n) is 12.2. The fourth-order valence-corrected chi connectivity index (χ4v) is 4.70. The number of aromatic nitrogens is 1. The largest absolute Gasteiger partial charge is 0.368 e. The molecule has 1 aliphatic rings. The third-order valence-corrected chi connectivity index (χ3v) is 6.66. The van der Waals surface area contributed by atoms with Gasteiger partial charge < -0.3 is 10.2 Å². The first-order chi connectivity index (χ1) is 17.5. The predicted molar refractivity (Wildman–Crippen MR) is 140 cm³/mol. The van der Waals surface area contributed by atoms with Gasteiger partial charge >= 0.3 is 0 Å². The highest BCUT2D eigenvalue weighted by Crippen LogP contribution is 2.27. The van der Waals surface area contributed by atoms with Gasteiger partial charge in [-0.15, -0.1) is 0 Å². The number of amides is 1. The number of benzene rings is 3. The van der Waals surface area contributed by atoms with Crippen LogP contribution in [0.5, 0.6) is 0 Å². The number of carbonyl (C=O) groups excluding carboxylic acids is 1. The normalized spacial score (nSPS) is 14.2. The van der Waals surface area contributed by atoms with Gasteiger partial charge in [0.25, 0.3) is 5.91 Å². The third-order valence-electron chi connectivity index (χ3n) is 6.66. The van der Waals surface area contributed by atoms with Crippen molar-refractivity contribution in [1.82, 2.24) is 9.88 Å². The summed E-state index contributed by atoms with van der Waals surface area (Å²) in [4.78, 5) is 21.9. The highest BCUT2D eigenvalue weighted by atomic mass is 19.2. The lowest BCUT2D eigenvalue weighted by Gasteiger charge is -2.36. The first-order valence-corrected chi connectivity index (χ1v) is 12.2. The van der Waals surface area contributed by atoms with Gasteiger partial charge in [0.2, 0.25) is 0 Å². The first kappa shape index (κ1) is 23.9. The Morgan fingerprint density at radius 2 is 1.72 bits per heavy atom. The molecule has 1 N–H and O–H groups in total. The zero-order chi connectivity index (χ0) is 25.1. The van der Waals surface area contributed by atoms with Crippen LogP contribution in [-0.2, 0) is 6.42 Å². The number of piperazine rings is 1. The molecule has 3 aromatic carbocycles. The van der Waals surface area contributed by atoms with E-state index in [1.54, 1.807) is 6.07 Å². The average Bonchev–Trinajstić information content (AvgIpc) is 2.89. The average molecular weight is 487 g/mol. The van der Waals surface area contributed by atoms with E-state index in [4.69, 9.17) is 0 Å². The Morgan fingerprint density at radius 3 is 2.56 bits per heavy atom. The molecule has 2 heterocycles. The van der Waals surface area contributed by atoms with E-state index in [0.717, 1.165) is 62.0 Å². The monoisotopic (exact) mass is 486 g/mol. The number of hydrogen-bond acceptors (Lipinski definition) is 4. The summed E-state index contributed by atoms with van der Waals surface area (Å²) in [5, 5.41) is 3.86. The molecule has 1 aromatic heterocycles. The van der Waals surface area contributed by atoms with Crippen molar-refractivity contribution >= 4 is 28.2 Å². The van der Waals surface area contributed by atoms with E-state index in [1.165, 1.54) is 23.2 Å². The number of hydrogen-bond donors (Lipinski definition) is 1. The van der Waals surface area contributed by atoms with Crippen LogP contribution >= 0.6 is 0 Å². The Bertz CT molecular complexity index is 1400. The summed E-state index contributed by atoms with van der Waals surface area (Å²) in [6.07, 6.45) is 0.829. The van der Waals surface area contributed by atoms with Gasteiger partial charge in [0.15, 0.2) is 11.6 Å². The number of pyridine rings is 1. The Kier molecular flexibility index (Phi) is 6.91. The van der Waals surface area contributed by atoms with E-state index in [2.05, 4.69) is 50.4 Å². The minimum atomic E-state index is -1.14. The predicted octanol–water partition coefficient (Wildman–Crippen LogP) is 5.44. The number of aryl methyl sites for hydroxylation is 1.